The highest BCUT2D eigenvalue weighted by Gasteiger charge is 2.21. The van der Waals surface area contributed by atoms with Gasteiger partial charge < -0.3 is 14.7 Å². The molecule has 0 saturated carbocycles. The second-order valence-electron chi connectivity index (χ2n) is 3.31. The summed E-state index contributed by atoms with van der Waals surface area (Å²) in [6, 6.07) is 1.78. The van der Waals surface area contributed by atoms with Gasteiger partial charge in [0.2, 0.25) is 5.88 Å². The van der Waals surface area contributed by atoms with Crippen LogP contribution in [0.2, 0.25) is 0 Å². The van der Waals surface area contributed by atoms with Crippen LogP contribution in [0.5, 0.6) is 5.88 Å². The topological polar surface area (TPSA) is 58.5 Å². The molecule has 0 unspecified atom stereocenters. The predicted molar refractivity (Wildman–Crippen MR) is 51.4 cm³/mol. The first-order valence-corrected chi connectivity index (χ1v) is 4.58. The van der Waals surface area contributed by atoms with Crippen LogP contribution in [0.4, 0.5) is 5.82 Å². The molecule has 1 aromatic heterocycles. The van der Waals surface area contributed by atoms with Gasteiger partial charge in [0.1, 0.15) is 12.1 Å². The SMILES string of the molecule is COc1cc(N2CC[C@H](O)C2)ncn1. The standard InChI is InChI=1S/C9H13N3O2/c1-14-9-4-8(10-6-11-9)12-3-2-7(13)5-12/h4,6-7,13H,2-3,5H2,1H3/t7-/m0/s1. The highest BCUT2D eigenvalue weighted by Crippen LogP contribution is 2.20. The van der Waals surface area contributed by atoms with E-state index in [4.69, 9.17) is 4.74 Å². The van der Waals surface area contributed by atoms with E-state index in [2.05, 4.69) is 9.97 Å². The summed E-state index contributed by atoms with van der Waals surface area (Å²) in [5.41, 5.74) is 0. The van der Waals surface area contributed by atoms with E-state index in [0.717, 1.165) is 18.8 Å². The fraction of sp³-hybridized carbons (Fsp3) is 0.556. The van der Waals surface area contributed by atoms with Gasteiger partial charge in [-0.1, -0.05) is 0 Å². The van der Waals surface area contributed by atoms with E-state index in [1.165, 1.54) is 6.33 Å². The quantitative estimate of drug-likeness (QED) is 0.723. The van der Waals surface area contributed by atoms with Gasteiger partial charge in [-0.05, 0) is 6.42 Å². The molecule has 1 fully saturated rings. The number of aromatic nitrogens is 2. The molecule has 5 nitrogen and oxygen atoms in total. The lowest BCUT2D eigenvalue weighted by Crippen LogP contribution is -2.22. The molecule has 1 N–H and O–H groups in total. The average molecular weight is 195 g/mol. The second kappa shape index (κ2) is 3.79. The monoisotopic (exact) mass is 195 g/mol. The number of aliphatic hydroxyl groups excluding tert-OH is 1. The lowest BCUT2D eigenvalue weighted by atomic mass is 10.3. The average Bonchev–Trinajstić information content (AvgIpc) is 2.65. The molecule has 0 spiro atoms. The van der Waals surface area contributed by atoms with Gasteiger partial charge >= 0.3 is 0 Å². The number of hydrogen-bond donors (Lipinski definition) is 1. The van der Waals surface area contributed by atoms with Crippen molar-refractivity contribution in [3.05, 3.63) is 12.4 Å². The summed E-state index contributed by atoms with van der Waals surface area (Å²) in [7, 11) is 1.57. The number of rotatable bonds is 2. The summed E-state index contributed by atoms with van der Waals surface area (Å²) in [6.07, 6.45) is 2.03. The lowest BCUT2D eigenvalue weighted by Gasteiger charge is -2.16. The number of ether oxygens (including phenoxy) is 1. The van der Waals surface area contributed by atoms with Crippen molar-refractivity contribution in [2.75, 3.05) is 25.1 Å². The van der Waals surface area contributed by atoms with E-state index in [0.29, 0.717) is 12.4 Å². The van der Waals surface area contributed by atoms with Crippen molar-refractivity contribution in [3.8, 4) is 5.88 Å². The third-order valence-corrected chi connectivity index (χ3v) is 2.32. The van der Waals surface area contributed by atoms with E-state index < -0.39 is 0 Å². The molecule has 2 rings (SSSR count). The molecular weight excluding hydrogens is 182 g/mol. The van der Waals surface area contributed by atoms with Crippen LogP contribution in [0.25, 0.3) is 0 Å². The van der Waals surface area contributed by atoms with Crippen LogP contribution in [0.1, 0.15) is 6.42 Å². The Balaban J connectivity index is 2.15. The summed E-state index contributed by atoms with van der Waals surface area (Å²) < 4.78 is 5.00. The molecule has 1 aromatic rings. The molecule has 1 aliphatic heterocycles. The number of anilines is 1. The van der Waals surface area contributed by atoms with E-state index in [-0.39, 0.29) is 6.10 Å². The smallest absolute Gasteiger partial charge is 0.218 e. The van der Waals surface area contributed by atoms with Crippen molar-refractivity contribution in [1.29, 1.82) is 0 Å². The molecular formula is C9H13N3O2. The van der Waals surface area contributed by atoms with Crippen LogP contribution in [-0.4, -0.2) is 41.4 Å². The molecule has 0 radical (unpaired) electrons. The Hall–Kier alpha value is -1.36. The molecule has 1 aliphatic rings. The van der Waals surface area contributed by atoms with E-state index in [9.17, 15) is 5.11 Å². The summed E-state index contributed by atoms with van der Waals surface area (Å²) in [5, 5.41) is 9.37. The van der Waals surface area contributed by atoms with Crippen LogP contribution in [0, 0.1) is 0 Å². The van der Waals surface area contributed by atoms with Crippen molar-refractivity contribution >= 4 is 5.82 Å². The largest absolute Gasteiger partial charge is 0.481 e. The van der Waals surface area contributed by atoms with Gasteiger partial charge in [-0.15, -0.1) is 0 Å². The Bertz CT molecular complexity index is 319. The Labute approximate surface area is 82.4 Å². The molecule has 0 aromatic carbocycles. The zero-order chi connectivity index (χ0) is 9.97. The van der Waals surface area contributed by atoms with E-state index >= 15 is 0 Å². The molecule has 14 heavy (non-hydrogen) atoms. The predicted octanol–water partition coefficient (Wildman–Crippen LogP) is 0.0562. The summed E-state index contributed by atoms with van der Waals surface area (Å²) in [6.45, 7) is 1.47. The van der Waals surface area contributed by atoms with Crippen molar-refractivity contribution in [3.63, 3.8) is 0 Å². The Morgan fingerprint density at radius 1 is 1.57 bits per heavy atom. The Morgan fingerprint density at radius 3 is 3.07 bits per heavy atom. The van der Waals surface area contributed by atoms with Crippen LogP contribution in [0.15, 0.2) is 12.4 Å². The second-order valence-corrected chi connectivity index (χ2v) is 3.31. The zero-order valence-corrected chi connectivity index (χ0v) is 8.05. The van der Waals surface area contributed by atoms with E-state index in [1.807, 2.05) is 4.90 Å². The van der Waals surface area contributed by atoms with Gasteiger partial charge in [0.25, 0.3) is 0 Å². The van der Waals surface area contributed by atoms with Crippen molar-refractivity contribution < 1.29 is 9.84 Å². The minimum atomic E-state index is -0.240. The number of aliphatic hydroxyl groups is 1. The summed E-state index contributed by atoms with van der Waals surface area (Å²) in [4.78, 5) is 10.1. The van der Waals surface area contributed by atoms with Crippen molar-refractivity contribution in [2.24, 2.45) is 0 Å². The van der Waals surface area contributed by atoms with Gasteiger partial charge in [0, 0.05) is 19.2 Å². The molecule has 0 aliphatic carbocycles. The minimum absolute atomic E-state index is 0.240. The van der Waals surface area contributed by atoms with Crippen LogP contribution in [-0.2, 0) is 0 Å². The first-order valence-electron chi connectivity index (χ1n) is 4.58. The maximum absolute atomic E-state index is 9.37. The highest BCUT2D eigenvalue weighted by molar-refractivity contribution is 5.41. The fourth-order valence-corrected chi connectivity index (χ4v) is 1.56. The van der Waals surface area contributed by atoms with Gasteiger partial charge in [-0.3, -0.25) is 0 Å². The van der Waals surface area contributed by atoms with Crippen LogP contribution in [0.3, 0.4) is 0 Å². The zero-order valence-electron chi connectivity index (χ0n) is 8.05. The first kappa shape index (κ1) is 9.21. The van der Waals surface area contributed by atoms with Gasteiger partial charge in [0.05, 0.1) is 13.2 Å². The first-order chi connectivity index (χ1) is 6.79. The van der Waals surface area contributed by atoms with Crippen LogP contribution < -0.4 is 9.64 Å². The number of nitrogens with zero attached hydrogens (tertiary/aromatic N) is 3. The Morgan fingerprint density at radius 2 is 2.43 bits per heavy atom. The normalized spacial score (nSPS) is 21.3. The van der Waals surface area contributed by atoms with Crippen LogP contribution >= 0.6 is 0 Å². The highest BCUT2D eigenvalue weighted by atomic mass is 16.5. The molecule has 76 valence electrons. The summed E-state index contributed by atoms with van der Waals surface area (Å²) >= 11 is 0. The van der Waals surface area contributed by atoms with Gasteiger partial charge in [-0.25, -0.2) is 9.97 Å². The minimum Gasteiger partial charge on any atom is -0.481 e. The maximum Gasteiger partial charge on any atom is 0.218 e. The van der Waals surface area contributed by atoms with Gasteiger partial charge in [-0.2, -0.15) is 0 Å². The van der Waals surface area contributed by atoms with E-state index in [1.54, 1.807) is 13.2 Å². The number of hydrogen-bond acceptors (Lipinski definition) is 5. The molecule has 0 bridgehead atoms. The molecule has 2 heterocycles. The van der Waals surface area contributed by atoms with Gasteiger partial charge in [0.15, 0.2) is 0 Å². The maximum atomic E-state index is 9.37. The number of methoxy groups -OCH3 is 1. The molecule has 1 saturated heterocycles. The lowest BCUT2D eigenvalue weighted by molar-refractivity contribution is 0.198. The third-order valence-electron chi connectivity index (χ3n) is 2.32. The molecule has 0 amide bonds. The summed E-state index contributed by atoms with van der Waals surface area (Å²) in [5.74, 6) is 1.37. The Kier molecular flexibility index (Phi) is 2.49. The third kappa shape index (κ3) is 1.77. The molecule has 1 atom stereocenters. The van der Waals surface area contributed by atoms with Crippen molar-refractivity contribution in [1.82, 2.24) is 9.97 Å². The van der Waals surface area contributed by atoms with Crippen molar-refractivity contribution in [2.45, 2.75) is 12.5 Å². The number of β-amino-alcohol motifs (C(OH)–C–C–N with tert-alkyl or cyclic N) is 1. The molecule has 5 heteroatoms. The fourth-order valence-electron chi connectivity index (χ4n) is 1.56.